The quantitative estimate of drug-likeness (QED) is 0.648. The van der Waals surface area contributed by atoms with Crippen LogP contribution in [0.2, 0.25) is 0 Å². The molecule has 0 saturated carbocycles. The molecule has 0 atom stereocenters. The summed E-state index contributed by atoms with van der Waals surface area (Å²) in [5, 5.41) is 0.389. The topological polar surface area (TPSA) is 69.7 Å². The van der Waals surface area contributed by atoms with E-state index in [2.05, 4.69) is 0 Å². The Morgan fingerprint density at radius 3 is 2.64 bits per heavy atom. The molecule has 0 radical (unpaired) electrons. The number of fused-ring (bicyclic) bond motifs is 1. The SMILES string of the molecule is Cc1cc(C)c2oc(-c3ccco3)c(OC(=O)CC(C)C)c(=O)c2c1. The first-order valence-electron chi connectivity index (χ1n) is 8.19. The standard InChI is InChI=1S/C20H20O5/c1-11(2)8-16(21)24-20-17(22)14-10-12(3)9-13(4)18(14)25-19(20)15-6-5-7-23-15/h5-7,9-11H,8H2,1-4H3. The Kier molecular flexibility index (Phi) is 4.49. The molecule has 0 bridgehead atoms. The monoisotopic (exact) mass is 340 g/mol. The maximum atomic E-state index is 13.0. The first-order valence-corrected chi connectivity index (χ1v) is 8.19. The van der Waals surface area contributed by atoms with Crippen LogP contribution in [-0.2, 0) is 4.79 Å². The summed E-state index contributed by atoms with van der Waals surface area (Å²) in [6.45, 7) is 7.58. The van der Waals surface area contributed by atoms with E-state index in [4.69, 9.17) is 13.6 Å². The number of rotatable bonds is 4. The Balaban J connectivity index is 2.25. The molecule has 0 aliphatic rings. The minimum absolute atomic E-state index is 0.122. The van der Waals surface area contributed by atoms with E-state index in [9.17, 15) is 9.59 Å². The van der Waals surface area contributed by atoms with E-state index in [0.29, 0.717) is 16.7 Å². The Bertz CT molecular complexity index is 977. The molecule has 3 rings (SSSR count). The van der Waals surface area contributed by atoms with Gasteiger partial charge in [-0.05, 0) is 49.1 Å². The molecule has 0 aliphatic heterocycles. The van der Waals surface area contributed by atoms with E-state index >= 15 is 0 Å². The van der Waals surface area contributed by atoms with Crippen molar-refractivity contribution >= 4 is 16.9 Å². The second kappa shape index (κ2) is 6.59. The minimum Gasteiger partial charge on any atom is -0.461 e. The van der Waals surface area contributed by atoms with Crippen LogP contribution in [0.1, 0.15) is 31.4 Å². The Labute approximate surface area is 145 Å². The molecule has 25 heavy (non-hydrogen) atoms. The van der Waals surface area contributed by atoms with Gasteiger partial charge in [0.25, 0.3) is 0 Å². The summed E-state index contributed by atoms with van der Waals surface area (Å²) in [5.41, 5.74) is 1.85. The summed E-state index contributed by atoms with van der Waals surface area (Å²) < 4.78 is 16.7. The molecule has 5 heteroatoms. The van der Waals surface area contributed by atoms with Gasteiger partial charge in [-0.2, -0.15) is 0 Å². The average molecular weight is 340 g/mol. The summed E-state index contributed by atoms with van der Waals surface area (Å²) in [5.74, 6) is -0.00800. The van der Waals surface area contributed by atoms with Crippen LogP contribution in [0.15, 0.2) is 44.2 Å². The predicted octanol–water partition coefficient (Wildman–Crippen LogP) is 4.62. The third kappa shape index (κ3) is 3.36. The number of carbonyl (C=O) groups excluding carboxylic acids is 1. The lowest BCUT2D eigenvalue weighted by Crippen LogP contribution is -2.17. The van der Waals surface area contributed by atoms with Crippen molar-refractivity contribution in [2.45, 2.75) is 34.1 Å². The zero-order chi connectivity index (χ0) is 18.1. The first kappa shape index (κ1) is 17.0. The maximum Gasteiger partial charge on any atom is 0.311 e. The van der Waals surface area contributed by atoms with Crippen LogP contribution in [0.25, 0.3) is 22.5 Å². The van der Waals surface area contributed by atoms with Crippen molar-refractivity contribution in [2.75, 3.05) is 0 Å². The lowest BCUT2D eigenvalue weighted by molar-refractivity contribution is -0.135. The Hall–Kier alpha value is -2.82. The summed E-state index contributed by atoms with van der Waals surface area (Å²) in [4.78, 5) is 25.1. The molecule has 2 heterocycles. The predicted molar refractivity (Wildman–Crippen MR) is 94.8 cm³/mol. The number of benzene rings is 1. The molecule has 5 nitrogen and oxygen atoms in total. The fourth-order valence-electron chi connectivity index (χ4n) is 2.78. The van der Waals surface area contributed by atoms with Crippen LogP contribution < -0.4 is 10.2 Å². The van der Waals surface area contributed by atoms with Gasteiger partial charge in [0.15, 0.2) is 5.76 Å². The zero-order valence-electron chi connectivity index (χ0n) is 14.7. The van der Waals surface area contributed by atoms with E-state index in [-0.39, 0.29) is 29.3 Å². The lowest BCUT2D eigenvalue weighted by atomic mass is 10.1. The van der Waals surface area contributed by atoms with Gasteiger partial charge in [-0.25, -0.2) is 0 Å². The van der Waals surface area contributed by atoms with Crippen molar-refractivity contribution in [3.8, 4) is 17.3 Å². The van der Waals surface area contributed by atoms with Gasteiger partial charge in [-0.3, -0.25) is 9.59 Å². The fraction of sp³-hybridized carbons (Fsp3) is 0.300. The summed E-state index contributed by atoms with van der Waals surface area (Å²) in [6, 6.07) is 7.01. The van der Waals surface area contributed by atoms with E-state index < -0.39 is 5.97 Å². The Morgan fingerprint density at radius 2 is 2.00 bits per heavy atom. The van der Waals surface area contributed by atoms with Gasteiger partial charge in [-0.15, -0.1) is 0 Å². The number of esters is 1. The lowest BCUT2D eigenvalue weighted by Gasteiger charge is -2.11. The largest absolute Gasteiger partial charge is 0.461 e. The molecular formula is C20H20O5. The van der Waals surface area contributed by atoms with E-state index in [1.807, 2.05) is 33.8 Å². The second-order valence-corrected chi connectivity index (χ2v) is 6.60. The molecule has 0 N–H and O–H groups in total. The van der Waals surface area contributed by atoms with Gasteiger partial charge in [0, 0.05) is 6.42 Å². The molecule has 1 aromatic carbocycles. The van der Waals surface area contributed by atoms with Crippen LogP contribution >= 0.6 is 0 Å². The van der Waals surface area contributed by atoms with Crippen molar-refractivity contribution in [1.29, 1.82) is 0 Å². The maximum absolute atomic E-state index is 13.0. The molecule has 0 fully saturated rings. The average Bonchev–Trinajstić information content (AvgIpc) is 3.04. The van der Waals surface area contributed by atoms with Crippen LogP contribution in [-0.4, -0.2) is 5.97 Å². The smallest absolute Gasteiger partial charge is 0.311 e. The van der Waals surface area contributed by atoms with Gasteiger partial charge in [0.05, 0.1) is 11.6 Å². The first-order chi connectivity index (χ1) is 11.9. The molecule has 0 saturated heterocycles. The molecule has 0 aliphatic carbocycles. The van der Waals surface area contributed by atoms with Crippen LogP contribution in [0.5, 0.6) is 5.75 Å². The van der Waals surface area contributed by atoms with Crippen LogP contribution in [0.3, 0.4) is 0 Å². The highest BCUT2D eigenvalue weighted by atomic mass is 16.5. The zero-order valence-corrected chi connectivity index (χ0v) is 14.7. The van der Waals surface area contributed by atoms with Crippen molar-refractivity contribution < 1.29 is 18.4 Å². The highest BCUT2D eigenvalue weighted by molar-refractivity contribution is 5.86. The van der Waals surface area contributed by atoms with Crippen molar-refractivity contribution in [2.24, 2.45) is 5.92 Å². The molecule has 3 aromatic rings. The fourth-order valence-corrected chi connectivity index (χ4v) is 2.78. The molecule has 2 aromatic heterocycles. The highest BCUT2D eigenvalue weighted by Gasteiger charge is 2.23. The number of aryl methyl sites for hydroxylation is 2. The van der Waals surface area contributed by atoms with Gasteiger partial charge < -0.3 is 13.6 Å². The van der Waals surface area contributed by atoms with E-state index in [1.165, 1.54) is 6.26 Å². The number of carbonyl (C=O) groups is 1. The molecular weight excluding hydrogens is 320 g/mol. The molecule has 130 valence electrons. The van der Waals surface area contributed by atoms with E-state index in [1.54, 1.807) is 18.2 Å². The van der Waals surface area contributed by atoms with Crippen LogP contribution in [0.4, 0.5) is 0 Å². The number of furan rings is 1. The Morgan fingerprint density at radius 1 is 1.24 bits per heavy atom. The third-order valence-electron chi connectivity index (χ3n) is 3.82. The third-order valence-corrected chi connectivity index (χ3v) is 3.82. The van der Waals surface area contributed by atoms with Gasteiger partial charge in [0.2, 0.25) is 16.9 Å². The highest BCUT2D eigenvalue weighted by Crippen LogP contribution is 2.33. The number of ether oxygens (including phenoxy) is 1. The summed E-state index contributed by atoms with van der Waals surface area (Å²) >= 11 is 0. The summed E-state index contributed by atoms with van der Waals surface area (Å²) in [6.07, 6.45) is 1.68. The van der Waals surface area contributed by atoms with Crippen molar-refractivity contribution in [1.82, 2.24) is 0 Å². The normalized spacial score (nSPS) is 11.2. The minimum atomic E-state index is -0.473. The van der Waals surface area contributed by atoms with Crippen molar-refractivity contribution in [3.63, 3.8) is 0 Å². The second-order valence-electron chi connectivity index (χ2n) is 6.60. The van der Waals surface area contributed by atoms with Crippen molar-refractivity contribution in [3.05, 3.63) is 51.9 Å². The van der Waals surface area contributed by atoms with Gasteiger partial charge in [-0.1, -0.05) is 19.9 Å². The van der Waals surface area contributed by atoms with Gasteiger partial charge in [0.1, 0.15) is 5.58 Å². The molecule has 0 unspecified atom stereocenters. The van der Waals surface area contributed by atoms with Gasteiger partial charge >= 0.3 is 5.97 Å². The number of hydrogen-bond donors (Lipinski definition) is 0. The molecule has 0 spiro atoms. The number of hydrogen-bond acceptors (Lipinski definition) is 5. The van der Waals surface area contributed by atoms with Crippen LogP contribution in [0, 0.1) is 19.8 Å². The molecule has 0 amide bonds. The van der Waals surface area contributed by atoms with E-state index in [0.717, 1.165) is 11.1 Å². The summed E-state index contributed by atoms with van der Waals surface area (Å²) in [7, 11) is 0.